The molecule has 1 aromatic carbocycles. The molecule has 1 fully saturated rings. The maximum Gasteiger partial charge on any atom is 0.244 e. The van der Waals surface area contributed by atoms with Gasteiger partial charge < -0.3 is 20.5 Å². The number of rotatable bonds is 6. The van der Waals surface area contributed by atoms with Crippen molar-refractivity contribution in [2.24, 2.45) is 5.73 Å². The van der Waals surface area contributed by atoms with Crippen LogP contribution in [-0.2, 0) is 9.53 Å². The second-order valence-electron chi connectivity index (χ2n) is 5.18. The average Bonchev–Trinajstić information content (AvgIpc) is 2.89. The van der Waals surface area contributed by atoms with Crippen LogP contribution in [0.4, 0.5) is 5.69 Å². The lowest BCUT2D eigenvalue weighted by Crippen LogP contribution is -2.48. The van der Waals surface area contributed by atoms with Gasteiger partial charge in [0.05, 0.1) is 12.1 Å². The van der Waals surface area contributed by atoms with Crippen LogP contribution in [-0.4, -0.2) is 31.8 Å². The zero-order valence-electron chi connectivity index (χ0n) is 12.3. The van der Waals surface area contributed by atoms with E-state index in [4.69, 9.17) is 15.2 Å². The molecule has 0 radical (unpaired) electrons. The minimum Gasteiger partial charge on any atom is -0.491 e. The molecular weight excluding hydrogens is 292 g/mol. The molecule has 6 heteroatoms. The highest BCUT2D eigenvalue weighted by Crippen LogP contribution is 2.28. The van der Waals surface area contributed by atoms with Crippen LogP contribution in [0, 0.1) is 0 Å². The first kappa shape index (κ1) is 17.8. The van der Waals surface area contributed by atoms with E-state index in [2.05, 4.69) is 5.32 Å². The molecule has 0 unspecified atom stereocenters. The number of hydrogen-bond acceptors (Lipinski definition) is 4. The van der Waals surface area contributed by atoms with E-state index < -0.39 is 5.54 Å². The van der Waals surface area contributed by atoms with Crippen LogP contribution < -0.4 is 15.8 Å². The fourth-order valence-electron chi connectivity index (χ4n) is 2.37. The maximum atomic E-state index is 12.1. The zero-order chi connectivity index (χ0) is 14.4. The molecule has 2 rings (SSSR count). The third-order valence-corrected chi connectivity index (χ3v) is 3.62. The van der Waals surface area contributed by atoms with E-state index in [0.29, 0.717) is 13.2 Å². The van der Waals surface area contributed by atoms with Crippen LogP contribution in [0.15, 0.2) is 24.3 Å². The van der Waals surface area contributed by atoms with Crippen LogP contribution in [0.1, 0.15) is 25.7 Å². The lowest BCUT2D eigenvalue weighted by Gasteiger charge is -2.22. The third-order valence-electron chi connectivity index (χ3n) is 3.62. The molecule has 3 N–H and O–H groups in total. The van der Waals surface area contributed by atoms with Gasteiger partial charge in [0.2, 0.25) is 5.91 Å². The predicted octanol–water partition coefficient (Wildman–Crippen LogP) is 2.34. The van der Waals surface area contributed by atoms with Crippen LogP contribution >= 0.6 is 12.4 Å². The minimum atomic E-state index is -0.701. The Balaban J connectivity index is 0.00000220. The summed E-state index contributed by atoms with van der Waals surface area (Å²) in [5.74, 6) is 0.659. The Bertz CT molecular complexity index is 445. The van der Waals surface area contributed by atoms with Gasteiger partial charge >= 0.3 is 0 Å². The second kappa shape index (κ2) is 8.22. The smallest absolute Gasteiger partial charge is 0.244 e. The van der Waals surface area contributed by atoms with E-state index in [-0.39, 0.29) is 18.3 Å². The lowest BCUT2D eigenvalue weighted by molar-refractivity contribution is -0.121. The van der Waals surface area contributed by atoms with Gasteiger partial charge in [-0.25, -0.2) is 0 Å². The molecule has 5 nitrogen and oxygen atoms in total. The molecule has 21 heavy (non-hydrogen) atoms. The summed E-state index contributed by atoms with van der Waals surface area (Å²) in [7, 11) is 1.63. The minimum absolute atomic E-state index is 0. The Hall–Kier alpha value is -1.30. The van der Waals surface area contributed by atoms with Gasteiger partial charge in [0.15, 0.2) is 0 Å². The summed E-state index contributed by atoms with van der Waals surface area (Å²) >= 11 is 0. The summed E-state index contributed by atoms with van der Waals surface area (Å²) in [6, 6.07) is 7.28. The Morgan fingerprint density at radius 2 is 1.86 bits per heavy atom. The normalized spacial score (nSPS) is 16.1. The van der Waals surface area contributed by atoms with Gasteiger partial charge in [-0.1, -0.05) is 12.8 Å². The highest BCUT2D eigenvalue weighted by atomic mass is 35.5. The van der Waals surface area contributed by atoms with Crippen molar-refractivity contribution in [1.29, 1.82) is 0 Å². The number of hydrogen-bond donors (Lipinski definition) is 2. The fourth-order valence-corrected chi connectivity index (χ4v) is 2.37. The molecule has 1 saturated carbocycles. The van der Waals surface area contributed by atoms with Crippen LogP contribution in [0.3, 0.4) is 0 Å². The molecular formula is C15H23ClN2O3. The molecule has 0 atom stereocenters. The fraction of sp³-hybridized carbons (Fsp3) is 0.533. The summed E-state index contributed by atoms with van der Waals surface area (Å²) in [6.07, 6.45) is 3.57. The summed E-state index contributed by atoms with van der Waals surface area (Å²) in [6.45, 7) is 1.06. The third kappa shape index (κ3) is 4.88. The quantitative estimate of drug-likeness (QED) is 0.790. The molecule has 0 aromatic heterocycles. The molecule has 0 aliphatic heterocycles. The molecule has 1 amide bonds. The van der Waals surface area contributed by atoms with Gasteiger partial charge in [-0.2, -0.15) is 0 Å². The summed E-state index contributed by atoms with van der Waals surface area (Å²) in [4.78, 5) is 12.1. The van der Waals surface area contributed by atoms with Crippen molar-refractivity contribution >= 4 is 24.0 Å². The summed E-state index contributed by atoms with van der Waals surface area (Å²) in [5, 5.41) is 2.87. The first-order chi connectivity index (χ1) is 9.64. The van der Waals surface area contributed by atoms with E-state index in [0.717, 1.165) is 37.1 Å². The number of benzene rings is 1. The average molecular weight is 315 g/mol. The summed E-state index contributed by atoms with van der Waals surface area (Å²) in [5.41, 5.74) is 6.15. The van der Waals surface area contributed by atoms with Crippen molar-refractivity contribution in [1.82, 2.24) is 0 Å². The van der Waals surface area contributed by atoms with Gasteiger partial charge in [0.25, 0.3) is 0 Å². The molecule has 0 spiro atoms. The van der Waals surface area contributed by atoms with Gasteiger partial charge in [-0.15, -0.1) is 12.4 Å². The molecule has 0 saturated heterocycles. The number of halogens is 1. The SMILES string of the molecule is COCCOc1ccc(NC(=O)C2(N)CCCC2)cc1.Cl. The van der Waals surface area contributed by atoms with Gasteiger partial charge in [0.1, 0.15) is 12.4 Å². The van der Waals surface area contributed by atoms with Crippen molar-refractivity contribution in [3.05, 3.63) is 24.3 Å². The van der Waals surface area contributed by atoms with Gasteiger partial charge in [-0.3, -0.25) is 4.79 Å². The summed E-state index contributed by atoms with van der Waals surface area (Å²) < 4.78 is 10.4. The Labute approximate surface area is 131 Å². The molecule has 0 bridgehead atoms. The number of carbonyl (C=O) groups is 1. The van der Waals surface area contributed by atoms with Crippen molar-refractivity contribution in [3.8, 4) is 5.75 Å². The Morgan fingerprint density at radius 3 is 2.43 bits per heavy atom. The van der Waals surface area contributed by atoms with Crippen molar-refractivity contribution in [2.75, 3.05) is 25.6 Å². The number of carbonyl (C=O) groups excluding carboxylic acids is 1. The standard InChI is InChI=1S/C15H22N2O3.ClH/c1-19-10-11-20-13-6-4-12(5-7-13)17-14(18)15(16)8-2-3-9-15;/h4-7H,2-3,8-11,16H2,1H3,(H,17,18);1H. The van der Waals surface area contributed by atoms with Gasteiger partial charge in [-0.05, 0) is 37.1 Å². The van der Waals surface area contributed by atoms with Crippen molar-refractivity contribution in [2.45, 2.75) is 31.2 Å². The van der Waals surface area contributed by atoms with E-state index in [1.165, 1.54) is 0 Å². The lowest BCUT2D eigenvalue weighted by atomic mass is 9.98. The number of nitrogens with one attached hydrogen (secondary N) is 1. The number of anilines is 1. The van der Waals surface area contributed by atoms with Crippen molar-refractivity contribution in [3.63, 3.8) is 0 Å². The predicted molar refractivity (Wildman–Crippen MR) is 85.1 cm³/mol. The first-order valence-electron chi connectivity index (χ1n) is 6.96. The van der Waals surface area contributed by atoms with E-state index in [1.807, 2.05) is 24.3 Å². The Morgan fingerprint density at radius 1 is 1.24 bits per heavy atom. The largest absolute Gasteiger partial charge is 0.491 e. The molecule has 0 heterocycles. The van der Waals surface area contributed by atoms with E-state index in [9.17, 15) is 4.79 Å². The van der Waals surface area contributed by atoms with E-state index >= 15 is 0 Å². The number of ether oxygens (including phenoxy) is 2. The Kier molecular flexibility index (Phi) is 6.95. The van der Waals surface area contributed by atoms with Crippen LogP contribution in [0.5, 0.6) is 5.75 Å². The van der Waals surface area contributed by atoms with Crippen molar-refractivity contribution < 1.29 is 14.3 Å². The first-order valence-corrected chi connectivity index (χ1v) is 6.96. The van der Waals surface area contributed by atoms with Crippen LogP contribution in [0.25, 0.3) is 0 Å². The van der Waals surface area contributed by atoms with Gasteiger partial charge in [0, 0.05) is 12.8 Å². The molecule has 1 aliphatic carbocycles. The second-order valence-corrected chi connectivity index (χ2v) is 5.18. The maximum absolute atomic E-state index is 12.1. The molecule has 118 valence electrons. The van der Waals surface area contributed by atoms with Crippen LogP contribution in [0.2, 0.25) is 0 Å². The number of nitrogens with two attached hydrogens (primary N) is 1. The monoisotopic (exact) mass is 314 g/mol. The molecule has 1 aromatic rings. The number of methoxy groups -OCH3 is 1. The van der Waals surface area contributed by atoms with E-state index in [1.54, 1.807) is 7.11 Å². The molecule has 1 aliphatic rings. The zero-order valence-corrected chi connectivity index (χ0v) is 13.1. The number of amides is 1. The highest BCUT2D eigenvalue weighted by Gasteiger charge is 2.36. The topological polar surface area (TPSA) is 73.6 Å². The highest BCUT2D eigenvalue weighted by molar-refractivity contribution is 5.98.